The summed E-state index contributed by atoms with van der Waals surface area (Å²) in [5.41, 5.74) is -0.0413. The van der Waals surface area contributed by atoms with Gasteiger partial charge in [0, 0.05) is 25.0 Å². The van der Waals surface area contributed by atoms with Crippen LogP contribution in [-0.2, 0) is 9.59 Å². The minimum Gasteiger partial charge on any atom is -0.480 e. The van der Waals surface area contributed by atoms with Crippen molar-refractivity contribution in [3.8, 4) is 0 Å². The van der Waals surface area contributed by atoms with E-state index in [-0.39, 0.29) is 37.0 Å². The molecule has 4 bridgehead atoms. The van der Waals surface area contributed by atoms with Gasteiger partial charge in [0.05, 0.1) is 0 Å². The Morgan fingerprint density at radius 3 is 2.15 bits per heavy atom. The number of nitrogens with zero attached hydrogens (tertiary/aromatic N) is 1. The highest BCUT2D eigenvalue weighted by molar-refractivity contribution is 5.82. The molecule has 4 saturated carbocycles. The largest absolute Gasteiger partial charge is 0.480 e. The zero-order valence-corrected chi connectivity index (χ0v) is 15.6. The molecule has 0 aromatic heterocycles. The van der Waals surface area contributed by atoms with Crippen molar-refractivity contribution < 1.29 is 19.5 Å². The first-order valence-corrected chi connectivity index (χ1v) is 9.94. The second kappa shape index (κ2) is 7.84. The van der Waals surface area contributed by atoms with E-state index in [4.69, 9.17) is 5.11 Å². The number of rotatable bonds is 8. The molecule has 4 fully saturated rings. The minimum absolute atomic E-state index is 0.0413. The molecule has 4 aliphatic rings. The van der Waals surface area contributed by atoms with Crippen molar-refractivity contribution in [3.63, 3.8) is 0 Å². The van der Waals surface area contributed by atoms with E-state index in [9.17, 15) is 14.4 Å². The van der Waals surface area contributed by atoms with Gasteiger partial charge in [0.15, 0.2) is 0 Å². The van der Waals surface area contributed by atoms with Crippen LogP contribution in [0.15, 0.2) is 0 Å². The molecule has 4 aliphatic carbocycles. The molecule has 4 rings (SSSR count). The maximum atomic E-state index is 12.3. The Morgan fingerprint density at radius 1 is 1.08 bits per heavy atom. The van der Waals surface area contributed by atoms with Crippen LogP contribution in [0, 0.1) is 17.8 Å². The fraction of sp³-hybridized carbons (Fsp3) is 0.842. The second-order valence-corrected chi connectivity index (χ2v) is 8.54. The monoisotopic (exact) mass is 365 g/mol. The van der Waals surface area contributed by atoms with E-state index in [0.29, 0.717) is 13.0 Å². The van der Waals surface area contributed by atoms with Gasteiger partial charge in [-0.1, -0.05) is 6.92 Å². The van der Waals surface area contributed by atoms with Gasteiger partial charge in [0.2, 0.25) is 5.91 Å². The van der Waals surface area contributed by atoms with Crippen LogP contribution in [0.4, 0.5) is 4.79 Å². The van der Waals surface area contributed by atoms with E-state index in [0.717, 1.165) is 37.0 Å². The summed E-state index contributed by atoms with van der Waals surface area (Å²) in [6, 6.07) is -0.194. The van der Waals surface area contributed by atoms with Gasteiger partial charge in [0.25, 0.3) is 0 Å². The van der Waals surface area contributed by atoms with Gasteiger partial charge in [-0.2, -0.15) is 0 Å². The topological polar surface area (TPSA) is 98.7 Å². The molecule has 0 spiro atoms. The van der Waals surface area contributed by atoms with Gasteiger partial charge >= 0.3 is 12.0 Å². The van der Waals surface area contributed by atoms with E-state index < -0.39 is 5.97 Å². The molecule has 0 heterocycles. The molecule has 0 unspecified atom stereocenters. The van der Waals surface area contributed by atoms with Crippen LogP contribution in [0.5, 0.6) is 0 Å². The average Bonchev–Trinajstić information content (AvgIpc) is 2.52. The molecule has 0 atom stereocenters. The van der Waals surface area contributed by atoms with E-state index in [1.165, 1.54) is 24.2 Å². The Kier molecular flexibility index (Phi) is 5.73. The number of aliphatic carboxylic acids is 1. The fourth-order valence-corrected chi connectivity index (χ4v) is 5.71. The van der Waals surface area contributed by atoms with Crippen molar-refractivity contribution in [2.45, 2.75) is 63.8 Å². The molecule has 0 aromatic carbocycles. The Hall–Kier alpha value is -1.79. The first kappa shape index (κ1) is 19.0. The summed E-state index contributed by atoms with van der Waals surface area (Å²) in [7, 11) is 0. The number of carboxylic acid groups (broad SMARTS) is 1. The average molecular weight is 365 g/mol. The fourth-order valence-electron chi connectivity index (χ4n) is 5.71. The third-order valence-electron chi connectivity index (χ3n) is 6.21. The molecule has 146 valence electrons. The van der Waals surface area contributed by atoms with E-state index in [1.54, 1.807) is 0 Å². The summed E-state index contributed by atoms with van der Waals surface area (Å²) in [6.45, 7) is 2.27. The molecular weight excluding hydrogens is 334 g/mol. The highest BCUT2D eigenvalue weighted by Crippen LogP contribution is 2.55. The Bertz CT molecular complexity index is 528. The first-order chi connectivity index (χ1) is 12.4. The molecule has 7 nitrogen and oxygen atoms in total. The molecule has 0 saturated heterocycles. The summed E-state index contributed by atoms with van der Waals surface area (Å²) >= 11 is 0. The molecule has 7 heteroatoms. The molecule has 0 radical (unpaired) electrons. The third-order valence-corrected chi connectivity index (χ3v) is 6.21. The van der Waals surface area contributed by atoms with E-state index in [2.05, 4.69) is 10.6 Å². The number of nitrogens with one attached hydrogen (secondary N) is 2. The third kappa shape index (κ3) is 4.48. The molecule has 3 N–H and O–H groups in total. The van der Waals surface area contributed by atoms with Crippen LogP contribution in [0.25, 0.3) is 0 Å². The lowest BCUT2D eigenvalue weighted by atomic mass is 9.53. The van der Waals surface area contributed by atoms with Crippen molar-refractivity contribution in [2.24, 2.45) is 17.8 Å². The van der Waals surface area contributed by atoms with Crippen LogP contribution in [0.1, 0.15) is 58.3 Å². The van der Waals surface area contributed by atoms with Crippen LogP contribution in [0.3, 0.4) is 0 Å². The van der Waals surface area contributed by atoms with Gasteiger partial charge in [-0.15, -0.1) is 0 Å². The van der Waals surface area contributed by atoms with Crippen molar-refractivity contribution in [2.75, 3.05) is 19.6 Å². The maximum Gasteiger partial charge on any atom is 0.323 e. The minimum atomic E-state index is -1.01. The number of hydrogen-bond acceptors (Lipinski definition) is 3. The van der Waals surface area contributed by atoms with Gasteiger partial charge < -0.3 is 20.6 Å². The van der Waals surface area contributed by atoms with Crippen molar-refractivity contribution in [3.05, 3.63) is 0 Å². The smallest absolute Gasteiger partial charge is 0.323 e. The number of carbonyl (C=O) groups excluding carboxylic acids is 2. The lowest BCUT2D eigenvalue weighted by Gasteiger charge is -2.56. The summed E-state index contributed by atoms with van der Waals surface area (Å²) in [5, 5.41) is 14.9. The lowest BCUT2D eigenvalue weighted by Crippen LogP contribution is -2.61. The van der Waals surface area contributed by atoms with Gasteiger partial charge in [0.1, 0.15) is 6.54 Å². The Labute approximate surface area is 154 Å². The van der Waals surface area contributed by atoms with Crippen molar-refractivity contribution in [1.82, 2.24) is 15.5 Å². The summed E-state index contributed by atoms with van der Waals surface area (Å²) in [6.07, 6.45) is 8.09. The quantitative estimate of drug-likeness (QED) is 0.612. The molecular formula is C19H31N3O4. The van der Waals surface area contributed by atoms with E-state index >= 15 is 0 Å². The zero-order chi connectivity index (χ0) is 18.7. The zero-order valence-electron chi connectivity index (χ0n) is 15.6. The van der Waals surface area contributed by atoms with Crippen molar-refractivity contribution >= 4 is 17.9 Å². The highest BCUT2D eigenvalue weighted by atomic mass is 16.4. The van der Waals surface area contributed by atoms with Gasteiger partial charge in [-0.3, -0.25) is 9.59 Å². The van der Waals surface area contributed by atoms with Crippen LogP contribution >= 0.6 is 0 Å². The summed E-state index contributed by atoms with van der Waals surface area (Å²) < 4.78 is 0. The predicted molar refractivity (Wildman–Crippen MR) is 96.6 cm³/mol. The van der Waals surface area contributed by atoms with Gasteiger partial charge in [-0.05, 0) is 62.7 Å². The number of carboxylic acids is 1. The molecule has 26 heavy (non-hydrogen) atoms. The highest BCUT2D eigenvalue weighted by Gasteiger charge is 2.51. The van der Waals surface area contributed by atoms with Crippen LogP contribution in [0.2, 0.25) is 0 Å². The maximum absolute atomic E-state index is 12.3. The van der Waals surface area contributed by atoms with Crippen molar-refractivity contribution in [1.29, 1.82) is 0 Å². The Balaban J connectivity index is 1.43. The number of amides is 3. The summed E-state index contributed by atoms with van der Waals surface area (Å²) in [5.74, 6) is 1.05. The van der Waals surface area contributed by atoms with Gasteiger partial charge in [-0.25, -0.2) is 4.79 Å². The van der Waals surface area contributed by atoms with E-state index in [1.807, 2.05) is 6.92 Å². The molecule has 0 aromatic rings. The predicted octanol–water partition coefficient (Wildman–Crippen LogP) is 1.97. The van der Waals surface area contributed by atoms with Crippen LogP contribution < -0.4 is 10.6 Å². The Morgan fingerprint density at radius 2 is 1.65 bits per heavy atom. The number of urea groups is 1. The second-order valence-electron chi connectivity index (χ2n) is 8.54. The SMILES string of the molecule is CCCN(CC(=O)O)C(=O)CCNC(=O)NC12CC3CC(CC(C3)C1)C2. The van der Waals surface area contributed by atoms with Crippen LogP contribution in [-0.4, -0.2) is 53.1 Å². The number of carbonyl (C=O) groups is 3. The standard InChI is InChI=1S/C19H31N3O4/c1-2-5-22(12-17(24)25)16(23)3-4-20-18(26)21-19-9-13-6-14(10-19)8-15(7-13)11-19/h13-15H,2-12H2,1H3,(H,24,25)(H2,20,21,26). The molecule has 0 aliphatic heterocycles. The normalized spacial score (nSPS) is 31.5. The summed E-state index contributed by atoms with van der Waals surface area (Å²) in [4.78, 5) is 36.7. The number of hydrogen-bond donors (Lipinski definition) is 3. The first-order valence-electron chi connectivity index (χ1n) is 9.94. The lowest BCUT2D eigenvalue weighted by molar-refractivity contribution is -0.144. The molecule has 3 amide bonds.